The number of amides is 2. The van der Waals surface area contributed by atoms with Crippen LogP contribution in [0.1, 0.15) is 47.7 Å². The van der Waals surface area contributed by atoms with Crippen molar-refractivity contribution >= 4 is 23.2 Å². The van der Waals surface area contributed by atoms with Gasteiger partial charge in [-0.25, -0.2) is 4.98 Å². The number of carbonyl (C=O) groups is 2. The Hall–Kier alpha value is -2.19. The lowest BCUT2D eigenvalue weighted by Gasteiger charge is -2.46. The highest BCUT2D eigenvalue weighted by Crippen LogP contribution is 2.37. The van der Waals surface area contributed by atoms with Crippen LogP contribution in [0.3, 0.4) is 0 Å². The topological polar surface area (TPSA) is 90.1 Å². The maximum Gasteiger partial charge on any atom is 0.263 e. The van der Waals surface area contributed by atoms with Crippen molar-refractivity contribution in [2.24, 2.45) is 5.92 Å². The molecule has 2 aromatic rings. The Bertz CT molecular complexity index is 837. The summed E-state index contributed by atoms with van der Waals surface area (Å²) in [6.07, 6.45) is 3.82. The quantitative estimate of drug-likeness (QED) is 0.730. The number of nitrogens with zero attached hydrogens (tertiary/aromatic N) is 2. The SMILES string of the molecule is CC(C)CNC(=O)[C@@H]1Cc2[nH]cnc2C2(CCN(C(=O)c3cccs3)CC2)N1. The number of thiophene rings is 1. The minimum absolute atomic E-state index is 0.0328. The lowest BCUT2D eigenvalue weighted by molar-refractivity contribution is -0.124. The molecule has 3 N–H and O–H groups in total. The summed E-state index contributed by atoms with van der Waals surface area (Å²) in [5, 5.41) is 8.57. The van der Waals surface area contributed by atoms with Gasteiger partial charge >= 0.3 is 0 Å². The average molecular weight is 402 g/mol. The second-order valence-electron chi connectivity index (χ2n) is 8.12. The molecule has 2 aliphatic heterocycles. The Labute approximate surface area is 168 Å². The predicted molar refractivity (Wildman–Crippen MR) is 108 cm³/mol. The summed E-state index contributed by atoms with van der Waals surface area (Å²) in [5.74, 6) is 0.537. The number of nitrogens with one attached hydrogen (secondary N) is 3. The van der Waals surface area contributed by atoms with E-state index in [0.29, 0.717) is 32.0 Å². The molecule has 2 aromatic heterocycles. The van der Waals surface area contributed by atoms with Crippen LogP contribution in [0.5, 0.6) is 0 Å². The van der Waals surface area contributed by atoms with Gasteiger partial charge in [0.25, 0.3) is 5.91 Å². The summed E-state index contributed by atoms with van der Waals surface area (Å²) < 4.78 is 0. The molecule has 0 unspecified atom stereocenters. The molecule has 0 radical (unpaired) electrons. The van der Waals surface area contributed by atoms with Gasteiger partial charge in [0.2, 0.25) is 5.91 Å². The van der Waals surface area contributed by atoms with Crippen LogP contribution >= 0.6 is 11.3 Å². The molecule has 0 aliphatic carbocycles. The standard InChI is InChI=1S/C20H27N5O2S/c1-13(2)11-21-18(26)15-10-14-17(23-12-22-14)20(24-15)5-7-25(8-6-20)19(27)16-4-3-9-28-16/h3-4,9,12-13,15,24H,5-8,10-11H2,1-2H3,(H,21,26)(H,22,23)/t15-/m0/s1. The van der Waals surface area contributed by atoms with E-state index in [1.165, 1.54) is 11.3 Å². The molecule has 7 nitrogen and oxygen atoms in total. The molecule has 0 bridgehead atoms. The van der Waals surface area contributed by atoms with Crippen molar-refractivity contribution in [1.29, 1.82) is 0 Å². The highest BCUT2D eigenvalue weighted by atomic mass is 32.1. The molecule has 8 heteroatoms. The van der Waals surface area contributed by atoms with E-state index in [2.05, 4.69) is 34.4 Å². The number of carbonyl (C=O) groups excluding carboxylic acids is 2. The second kappa shape index (κ2) is 7.67. The van der Waals surface area contributed by atoms with E-state index < -0.39 is 0 Å². The van der Waals surface area contributed by atoms with Gasteiger partial charge in [0.15, 0.2) is 0 Å². The lowest BCUT2D eigenvalue weighted by atomic mass is 9.78. The van der Waals surface area contributed by atoms with E-state index in [-0.39, 0.29) is 23.4 Å². The number of hydrogen-bond donors (Lipinski definition) is 3. The largest absolute Gasteiger partial charge is 0.354 e. The summed E-state index contributed by atoms with van der Waals surface area (Å²) in [6.45, 7) is 6.14. The smallest absolute Gasteiger partial charge is 0.263 e. The molecule has 1 fully saturated rings. The van der Waals surface area contributed by atoms with Gasteiger partial charge in [0.1, 0.15) is 0 Å². The number of piperidine rings is 1. The van der Waals surface area contributed by atoms with Gasteiger partial charge in [0, 0.05) is 31.7 Å². The molecular weight excluding hydrogens is 374 g/mol. The minimum atomic E-state index is -0.361. The molecular formula is C20H27N5O2S. The zero-order chi connectivity index (χ0) is 19.7. The molecule has 4 heterocycles. The van der Waals surface area contributed by atoms with Crippen molar-refractivity contribution in [2.75, 3.05) is 19.6 Å². The van der Waals surface area contributed by atoms with Gasteiger partial charge in [-0.3, -0.25) is 14.9 Å². The van der Waals surface area contributed by atoms with Crippen LogP contribution in [0.2, 0.25) is 0 Å². The van der Waals surface area contributed by atoms with Crippen molar-refractivity contribution < 1.29 is 9.59 Å². The minimum Gasteiger partial charge on any atom is -0.354 e. The monoisotopic (exact) mass is 401 g/mol. The molecule has 0 aromatic carbocycles. The maximum atomic E-state index is 12.7. The van der Waals surface area contributed by atoms with Crippen LogP contribution in [-0.4, -0.2) is 52.4 Å². The Balaban J connectivity index is 1.49. The van der Waals surface area contributed by atoms with Crippen LogP contribution in [0.4, 0.5) is 0 Å². The number of hydrogen-bond acceptors (Lipinski definition) is 5. The summed E-state index contributed by atoms with van der Waals surface area (Å²) in [6, 6.07) is 3.49. The van der Waals surface area contributed by atoms with E-state index in [0.717, 1.165) is 29.1 Å². The first-order chi connectivity index (χ1) is 13.5. The molecule has 150 valence electrons. The highest BCUT2D eigenvalue weighted by Gasteiger charge is 2.46. The van der Waals surface area contributed by atoms with Crippen LogP contribution in [-0.2, 0) is 16.8 Å². The molecule has 0 saturated carbocycles. The van der Waals surface area contributed by atoms with Gasteiger partial charge in [-0.1, -0.05) is 19.9 Å². The third kappa shape index (κ3) is 3.58. The summed E-state index contributed by atoms with van der Waals surface area (Å²) >= 11 is 1.48. The molecule has 1 spiro atoms. The average Bonchev–Trinajstić information content (AvgIpc) is 3.38. The number of rotatable bonds is 4. The Kier molecular flexibility index (Phi) is 5.25. The number of aromatic nitrogens is 2. The Morgan fingerprint density at radius 1 is 1.39 bits per heavy atom. The van der Waals surface area contributed by atoms with Crippen LogP contribution in [0, 0.1) is 5.92 Å². The lowest BCUT2D eigenvalue weighted by Crippen LogP contribution is -2.62. The fourth-order valence-electron chi connectivity index (χ4n) is 4.16. The van der Waals surface area contributed by atoms with E-state index in [4.69, 9.17) is 0 Å². The number of aromatic amines is 1. The van der Waals surface area contributed by atoms with Gasteiger partial charge in [0.05, 0.1) is 28.5 Å². The van der Waals surface area contributed by atoms with E-state index in [1.54, 1.807) is 6.33 Å². The van der Waals surface area contributed by atoms with Gasteiger partial charge in [-0.2, -0.15) is 0 Å². The van der Waals surface area contributed by atoms with Gasteiger partial charge < -0.3 is 15.2 Å². The second-order valence-corrected chi connectivity index (χ2v) is 9.07. The molecule has 2 amide bonds. The first kappa shape index (κ1) is 19.1. The fourth-order valence-corrected chi connectivity index (χ4v) is 4.85. The normalized spacial score (nSPS) is 21.0. The van der Waals surface area contributed by atoms with E-state index in [1.807, 2.05) is 22.4 Å². The van der Waals surface area contributed by atoms with E-state index in [9.17, 15) is 9.59 Å². The van der Waals surface area contributed by atoms with Gasteiger partial charge in [-0.15, -0.1) is 11.3 Å². The number of fused-ring (bicyclic) bond motifs is 2. The van der Waals surface area contributed by atoms with Crippen LogP contribution in [0.15, 0.2) is 23.8 Å². The predicted octanol–water partition coefficient (Wildman–Crippen LogP) is 1.89. The summed E-state index contributed by atoms with van der Waals surface area (Å²) in [4.78, 5) is 35.9. The summed E-state index contributed by atoms with van der Waals surface area (Å²) in [5.41, 5.74) is 1.67. The Morgan fingerprint density at radius 2 is 2.18 bits per heavy atom. The van der Waals surface area contributed by atoms with Crippen molar-refractivity contribution in [3.05, 3.63) is 40.1 Å². The zero-order valence-electron chi connectivity index (χ0n) is 16.3. The number of imidazole rings is 1. The van der Waals surface area contributed by atoms with Crippen LogP contribution < -0.4 is 10.6 Å². The summed E-state index contributed by atoms with van der Waals surface area (Å²) in [7, 11) is 0. The number of likely N-dealkylation sites (tertiary alicyclic amines) is 1. The van der Waals surface area contributed by atoms with Crippen molar-refractivity contribution in [3.63, 3.8) is 0 Å². The molecule has 2 aliphatic rings. The third-order valence-corrected chi connectivity index (χ3v) is 6.53. The first-order valence-corrected chi connectivity index (χ1v) is 10.8. The van der Waals surface area contributed by atoms with Crippen molar-refractivity contribution in [3.8, 4) is 0 Å². The molecule has 1 saturated heterocycles. The maximum absolute atomic E-state index is 12.7. The van der Waals surface area contributed by atoms with E-state index >= 15 is 0 Å². The van der Waals surface area contributed by atoms with Crippen LogP contribution in [0.25, 0.3) is 0 Å². The Morgan fingerprint density at radius 3 is 2.86 bits per heavy atom. The number of H-pyrrole nitrogens is 1. The third-order valence-electron chi connectivity index (χ3n) is 5.67. The zero-order valence-corrected chi connectivity index (χ0v) is 17.1. The van der Waals surface area contributed by atoms with Crippen molar-refractivity contribution in [2.45, 2.75) is 44.7 Å². The molecule has 1 atom stereocenters. The fraction of sp³-hybridized carbons (Fsp3) is 0.550. The van der Waals surface area contributed by atoms with Crippen molar-refractivity contribution in [1.82, 2.24) is 25.5 Å². The van der Waals surface area contributed by atoms with Gasteiger partial charge in [-0.05, 0) is 30.2 Å². The first-order valence-electron chi connectivity index (χ1n) is 9.89. The highest BCUT2D eigenvalue weighted by molar-refractivity contribution is 7.12. The molecule has 4 rings (SSSR count). The molecule has 28 heavy (non-hydrogen) atoms.